The number of aryl methyl sites for hydroxylation is 1. The van der Waals surface area contributed by atoms with Gasteiger partial charge in [0, 0.05) is 11.0 Å². The molecule has 18 heavy (non-hydrogen) atoms. The predicted octanol–water partition coefficient (Wildman–Crippen LogP) is 3.49. The van der Waals surface area contributed by atoms with E-state index in [4.69, 9.17) is 5.11 Å². The zero-order valence-electron chi connectivity index (χ0n) is 10.9. The van der Waals surface area contributed by atoms with Crippen LogP contribution in [0.15, 0.2) is 22.7 Å². The summed E-state index contributed by atoms with van der Waals surface area (Å²) in [6, 6.07) is 5.63. The number of unbranched alkanes of at least 4 members (excludes halogenated alkanes) is 1. The maximum absolute atomic E-state index is 11.1. The molecule has 0 aliphatic carbocycles. The SMILES string of the molecule is CCCCC(NCc1ccc(C)c(Br)c1)C(=O)O. The van der Waals surface area contributed by atoms with Crippen LogP contribution in [0.2, 0.25) is 0 Å². The minimum atomic E-state index is -0.769. The summed E-state index contributed by atoms with van der Waals surface area (Å²) in [6.45, 7) is 4.68. The number of aliphatic carboxylic acids is 1. The molecule has 3 nitrogen and oxygen atoms in total. The highest BCUT2D eigenvalue weighted by Crippen LogP contribution is 2.17. The van der Waals surface area contributed by atoms with E-state index in [0.29, 0.717) is 13.0 Å². The van der Waals surface area contributed by atoms with Gasteiger partial charge < -0.3 is 10.4 Å². The summed E-state index contributed by atoms with van der Waals surface area (Å²) < 4.78 is 1.06. The standard InChI is InChI=1S/C14H20BrNO2/c1-3-4-5-13(14(17)18)16-9-11-7-6-10(2)12(15)8-11/h6-8,13,16H,3-5,9H2,1-2H3,(H,17,18). The molecular weight excluding hydrogens is 294 g/mol. The molecule has 0 radical (unpaired) electrons. The molecule has 1 aromatic rings. The third-order valence-electron chi connectivity index (χ3n) is 2.93. The number of halogens is 1. The van der Waals surface area contributed by atoms with Crippen LogP contribution in [-0.4, -0.2) is 17.1 Å². The van der Waals surface area contributed by atoms with E-state index < -0.39 is 12.0 Å². The molecule has 4 heteroatoms. The maximum atomic E-state index is 11.1. The van der Waals surface area contributed by atoms with Crippen molar-refractivity contribution in [2.24, 2.45) is 0 Å². The van der Waals surface area contributed by atoms with Crippen molar-refractivity contribution in [2.45, 2.75) is 45.7 Å². The lowest BCUT2D eigenvalue weighted by Crippen LogP contribution is -2.36. The number of nitrogens with one attached hydrogen (secondary N) is 1. The number of hydrogen-bond donors (Lipinski definition) is 2. The molecule has 100 valence electrons. The van der Waals surface area contributed by atoms with Crippen LogP contribution in [0.5, 0.6) is 0 Å². The molecule has 1 aromatic carbocycles. The number of carboxylic acid groups (broad SMARTS) is 1. The lowest BCUT2D eigenvalue weighted by atomic mass is 10.1. The van der Waals surface area contributed by atoms with E-state index in [1.807, 2.05) is 25.1 Å². The summed E-state index contributed by atoms with van der Waals surface area (Å²) in [7, 11) is 0. The quantitative estimate of drug-likeness (QED) is 0.810. The first-order valence-electron chi connectivity index (χ1n) is 6.25. The Morgan fingerprint density at radius 1 is 1.50 bits per heavy atom. The second kappa shape index (κ2) is 7.54. The van der Waals surface area contributed by atoms with Crippen LogP contribution in [0, 0.1) is 6.92 Å². The Kier molecular flexibility index (Phi) is 6.36. The fourth-order valence-electron chi connectivity index (χ4n) is 1.71. The van der Waals surface area contributed by atoms with E-state index in [1.165, 1.54) is 5.56 Å². The molecule has 0 aromatic heterocycles. The first-order chi connectivity index (χ1) is 8.54. The number of hydrogen-bond acceptors (Lipinski definition) is 2. The normalized spacial score (nSPS) is 12.4. The smallest absolute Gasteiger partial charge is 0.320 e. The third kappa shape index (κ3) is 4.78. The van der Waals surface area contributed by atoms with Crippen molar-refractivity contribution in [3.63, 3.8) is 0 Å². The number of carboxylic acids is 1. The minimum Gasteiger partial charge on any atom is -0.480 e. The Hall–Kier alpha value is -0.870. The zero-order chi connectivity index (χ0) is 13.5. The van der Waals surface area contributed by atoms with Crippen LogP contribution in [-0.2, 0) is 11.3 Å². The van der Waals surface area contributed by atoms with Gasteiger partial charge in [-0.25, -0.2) is 0 Å². The third-order valence-corrected chi connectivity index (χ3v) is 3.79. The average Bonchev–Trinajstić information content (AvgIpc) is 2.33. The Morgan fingerprint density at radius 2 is 2.22 bits per heavy atom. The fraction of sp³-hybridized carbons (Fsp3) is 0.500. The molecule has 0 aliphatic heterocycles. The van der Waals surface area contributed by atoms with Crippen LogP contribution < -0.4 is 5.32 Å². The Balaban J connectivity index is 2.55. The van der Waals surface area contributed by atoms with Crippen LogP contribution in [0.3, 0.4) is 0 Å². The monoisotopic (exact) mass is 313 g/mol. The van der Waals surface area contributed by atoms with Gasteiger partial charge in [-0.2, -0.15) is 0 Å². The lowest BCUT2D eigenvalue weighted by molar-refractivity contribution is -0.139. The second-order valence-corrected chi connectivity index (χ2v) is 5.35. The van der Waals surface area contributed by atoms with Crippen molar-refractivity contribution in [1.82, 2.24) is 5.32 Å². The molecule has 0 saturated carbocycles. The summed E-state index contributed by atoms with van der Waals surface area (Å²) in [5.41, 5.74) is 2.27. The van der Waals surface area contributed by atoms with Gasteiger partial charge in [0.2, 0.25) is 0 Å². The van der Waals surface area contributed by atoms with Crippen molar-refractivity contribution >= 4 is 21.9 Å². The maximum Gasteiger partial charge on any atom is 0.320 e. The van der Waals surface area contributed by atoms with Crippen molar-refractivity contribution in [3.05, 3.63) is 33.8 Å². The molecule has 1 atom stereocenters. The van der Waals surface area contributed by atoms with Crippen molar-refractivity contribution < 1.29 is 9.90 Å². The van der Waals surface area contributed by atoms with Crippen LogP contribution in [0.25, 0.3) is 0 Å². The van der Waals surface area contributed by atoms with Crippen molar-refractivity contribution in [2.75, 3.05) is 0 Å². The summed E-state index contributed by atoms with van der Waals surface area (Å²) in [4.78, 5) is 11.1. The first-order valence-corrected chi connectivity index (χ1v) is 7.05. The molecule has 0 fully saturated rings. The van der Waals surface area contributed by atoms with Gasteiger partial charge in [-0.15, -0.1) is 0 Å². The van der Waals surface area contributed by atoms with Gasteiger partial charge in [0.25, 0.3) is 0 Å². The summed E-state index contributed by atoms with van der Waals surface area (Å²) in [6.07, 6.45) is 2.63. The molecule has 0 aliphatic rings. The average molecular weight is 314 g/mol. The lowest BCUT2D eigenvalue weighted by Gasteiger charge is -2.14. The van der Waals surface area contributed by atoms with Gasteiger partial charge in [0.05, 0.1) is 0 Å². The van der Waals surface area contributed by atoms with E-state index in [-0.39, 0.29) is 0 Å². The van der Waals surface area contributed by atoms with Gasteiger partial charge in [-0.05, 0) is 30.5 Å². The van der Waals surface area contributed by atoms with E-state index in [0.717, 1.165) is 22.9 Å². The number of carbonyl (C=O) groups is 1. The highest BCUT2D eigenvalue weighted by Gasteiger charge is 2.15. The van der Waals surface area contributed by atoms with E-state index in [2.05, 4.69) is 28.2 Å². The van der Waals surface area contributed by atoms with Crippen LogP contribution in [0.4, 0.5) is 0 Å². The second-order valence-electron chi connectivity index (χ2n) is 4.50. The van der Waals surface area contributed by atoms with Gasteiger partial charge in [0.1, 0.15) is 6.04 Å². The van der Waals surface area contributed by atoms with Gasteiger partial charge in [0.15, 0.2) is 0 Å². The van der Waals surface area contributed by atoms with E-state index >= 15 is 0 Å². The van der Waals surface area contributed by atoms with Gasteiger partial charge >= 0.3 is 5.97 Å². The molecule has 0 bridgehead atoms. The van der Waals surface area contributed by atoms with Crippen LogP contribution >= 0.6 is 15.9 Å². The predicted molar refractivity (Wildman–Crippen MR) is 76.7 cm³/mol. The highest BCUT2D eigenvalue weighted by atomic mass is 79.9. The topological polar surface area (TPSA) is 49.3 Å². The summed E-state index contributed by atoms with van der Waals surface area (Å²) in [5, 5.41) is 12.2. The molecule has 0 saturated heterocycles. The fourth-order valence-corrected chi connectivity index (χ4v) is 2.13. The molecule has 0 heterocycles. The Morgan fingerprint density at radius 3 is 2.78 bits per heavy atom. The van der Waals surface area contributed by atoms with Crippen molar-refractivity contribution in [1.29, 1.82) is 0 Å². The van der Waals surface area contributed by atoms with E-state index in [9.17, 15) is 4.79 Å². The molecule has 2 N–H and O–H groups in total. The molecular formula is C14H20BrNO2. The summed E-state index contributed by atoms with van der Waals surface area (Å²) in [5.74, 6) is -0.769. The number of rotatable bonds is 7. The molecule has 0 amide bonds. The molecule has 1 rings (SSSR count). The van der Waals surface area contributed by atoms with E-state index in [1.54, 1.807) is 0 Å². The summed E-state index contributed by atoms with van der Waals surface area (Å²) >= 11 is 3.48. The largest absolute Gasteiger partial charge is 0.480 e. The zero-order valence-corrected chi connectivity index (χ0v) is 12.5. The first kappa shape index (κ1) is 15.2. The van der Waals surface area contributed by atoms with Gasteiger partial charge in [-0.1, -0.05) is 47.8 Å². The number of benzene rings is 1. The van der Waals surface area contributed by atoms with Gasteiger partial charge in [-0.3, -0.25) is 4.79 Å². The van der Waals surface area contributed by atoms with Crippen molar-refractivity contribution in [3.8, 4) is 0 Å². The highest BCUT2D eigenvalue weighted by molar-refractivity contribution is 9.10. The molecule has 0 spiro atoms. The minimum absolute atomic E-state index is 0.454. The molecule has 1 unspecified atom stereocenters. The van der Waals surface area contributed by atoms with Crippen LogP contribution in [0.1, 0.15) is 37.3 Å². The Labute approximate surface area is 117 Å². The Bertz CT molecular complexity index is 407.